The zero-order valence-corrected chi connectivity index (χ0v) is 17.0. The number of amides is 1. The predicted molar refractivity (Wildman–Crippen MR) is 111 cm³/mol. The zero-order valence-electron chi connectivity index (χ0n) is 15.5. The first-order chi connectivity index (χ1) is 13.5. The summed E-state index contributed by atoms with van der Waals surface area (Å²) in [7, 11) is 1.53. The summed E-state index contributed by atoms with van der Waals surface area (Å²) in [5.74, 6) is 0.995. The van der Waals surface area contributed by atoms with E-state index in [9.17, 15) is 4.79 Å². The highest BCUT2D eigenvalue weighted by molar-refractivity contribution is 6.37. The minimum absolute atomic E-state index is 0.286. The van der Waals surface area contributed by atoms with Crippen LogP contribution in [0.25, 0.3) is 0 Å². The molecule has 148 valence electrons. The van der Waals surface area contributed by atoms with Crippen molar-refractivity contribution in [1.82, 2.24) is 5.43 Å². The Morgan fingerprint density at radius 2 is 1.89 bits per heavy atom. The molecule has 2 rings (SSSR count). The Balaban J connectivity index is 2.09. The molecule has 0 saturated heterocycles. The molecule has 8 heteroatoms. The lowest BCUT2D eigenvalue weighted by molar-refractivity contribution is 0.0954. The van der Waals surface area contributed by atoms with E-state index in [0.29, 0.717) is 45.0 Å². The molecule has 1 amide bonds. The topological polar surface area (TPSA) is 69.2 Å². The molecule has 0 radical (unpaired) electrons. The maximum Gasteiger partial charge on any atom is 0.271 e. The van der Waals surface area contributed by atoms with Crippen LogP contribution in [0.4, 0.5) is 0 Å². The number of rotatable bonds is 9. The third kappa shape index (κ3) is 5.65. The molecule has 1 N–H and O–H groups in total. The molecule has 0 unspecified atom stereocenters. The number of benzene rings is 2. The van der Waals surface area contributed by atoms with Gasteiger partial charge in [-0.2, -0.15) is 5.10 Å². The molecule has 0 spiro atoms. The monoisotopic (exact) mass is 422 g/mol. The summed E-state index contributed by atoms with van der Waals surface area (Å²) in [5.41, 5.74) is 3.43. The lowest BCUT2D eigenvalue weighted by Crippen LogP contribution is -2.17. The highest BCUT2D eigenvalue weighted by Gasteiger charge is 2.11. The Bertz CT molecular complexity index is 861. The average molecular weight is 423 g/mol. The number of hydrogen-bond donors (Lipinski definition) is 1. The smallest absolute Gasteiger partial charge is 0.271 e. The van der Waals surface area contributed by atoms with Gasteiger partial charge in [0.05, 0.1) is 30.0 Å². The van der Waals surface area contributed by atoms with Gasteiger partial charge in [-0.15, -0.1) is 0 Å². The fraction of sp³-hybridized carbons (Fsp3) is 0.200. The number of halogens is 2. The van der Waals surface area contributed by atoms with E-state index in [2.05, 4.69) is 17.1 Å². The van der Waals surface area contributed by atoms with Crippen molar-refractivity contribution in [1.29, 1.82) is 0 Å². The molecule has 2 aromatic carbocycles. The Kier molecular flexibility index (Phi) is 8.17. The maximum absolute atomic E-state index is 12.3. The van der Waals surface area contributed by atoms with Crippen LogP contribution in [0.1, 0.15) is 22.8 Å². The number of ether oxygens (including phenoxy) is 3. The standard InChI is InChI=1S/C20H20Cl2N2O4/c1-4-8-28-19-15(21)9-13(10-16(19)22)12-23-24-20(25)14-6-7-17(26-3)18(11-14)27-5-2/h4,6-7,9-12H,1,5,8H2,2-3H3,(H,24,25)/b23-12+. The molecular weight excluding hydrogens is 403 g/mol. The van der Waals surface area contributed by atoms with Crippen molar-refractivity contribution in [3.8, 4) is 17.2 Å². The normalized spacial score (nSPS) is 10.6. The van der Waals surface area contributed by atoms with Crippen molar-refractivity contribution in [2.45, 2.75) is 6.92 Å². The SMILES string of the molecule is C=CCOc1c(Cl)cc(/C=N/NC(=O)c2ccc(OC)c(OCC)c2)cc1Cl. The Morgan fingerprint density at radius 3 is 2.50 bits per heavy atom. The van der Waals surface area contributed by atoms with Gasteiger partial charge in [-0.3, -0.25) is 4.79 Å². The number of nitrogens with one attached hydrogen (secondary N) is 1. The largest absolute Gasteiger partial charge is 0.493 e. The maximum atomic E-state index is 12.3. The number of hydrazone groups is 1. The molecule has 0 atom stereocenters. The van der Waals surface area contributed by atoms with E-state index in [-0.39, 0.29) is 6.61 Å². The van der Waals surface area contributed by atoms with Crippen LogP contribution < -0.4 is 19.6 Å². The summed E-state index contributed by atoms with van der Waals surface area (Å²) >= 11 is 12.3. The van der Waals surface area contributed by atoms with E-state index in [1.165, 1.54) is 13.3 Å². The molecule has 0 aliphatic rings. The van der Waals surface area contributed by atoms with E-state index in [0.717, 1.165) is 0 Å². The molecule has 0 aliphatic heterocycles. The Labute approximate surface area is 173 Å². The van der Waals surface area contributed by atoms with E-state index >= 15 is 0 Å². The van der Waals surface area contributed by atoms with Crippen LogP contribution in [-0.2, 0) is 0 Å². The zero-order chi connectivity index (χ0) is 20.5. The summed E-state index contributed by atoms with van der Waals surface area (Å²) in [6, 6.07) is 8.12. The van der Waals surface area contributed by atoms with Crippen LogP contribution in [0, 0.1) is 0 Å². The summed E-state index contributed by atoms with van der Waals surface area (Å²) < 4.78 is 16.1. The van der Waals surface area contributed by atoms with Crippen LogP contribution in [0.5, 0.6) is 17.2 Å². The van der Waals surface area contributed by atoms with Crippen LogP contribution in [-0.4, -0.2) is 32.4 Å². The summed E-state index contributed by atoms with van der Waals surface area (Å²) in [5, 5.41) is 4.60. The van der Waals surface area contributed by atoms with Crippen LogP contribution >= 0.6 is 23.2 Å². The number of hydrogen-bond acceptors (Lipinski definition) is 5. The predicted octanol–water partition coefficient (Wildman–Crippen LogP) is 4.73. The summed E-state index contributed by atoms with van der Waals surface area (Å²) in [4.78, 5) is 12.3. The first kappa shape index (κ1) is 21.6. The summed E-state index contributed by atoms with van der Waals surface area (Å²) in [6.07, 6.45) is 3.02. The van der Waals surface area contributed by atoms with Crippen molar-refractivity contribution in [2.75, 3.05) is 20.3 Å². The van der Waals surface area contributed by atoms with E-state index < -0.39 is 5.91 Å². The van der Waals surface area contributed by atoms with E-state index in [1.807, 2.05) is 6.92 Å². The molecule has 0 heterocycles. The minimum Gasteiger partial charge on any atom is -0.493 e. The van der Waals surface area contributed by atoms with Crippen molar-refractivity contribution in [2.24, 2.45) is 5.10 Å². The number of carbonyl (C=O) groups is 1. The highest BCUT2D eigenvalue weighted by Crippen LogP contribution is 2.33. The Morgan fingerprint density at radius 1 is 1.18 bits per heavy atom. The van der Waals surface area contributed by atoms with Gasteiger partial charge in [-0.1, -0.05) is 35.9 Å². The second-order valence-electron chi connectivity index (χ2n) is 5.41. The second-order valence-corrected chi connectivity index (χ2v) is 6.23. The number of carbonyl (C=O) groups excluding carboxylic acids is 1. The molecule has 6 nitrogen and oxygen atoms in total. The van der Waals surface area contributed by atoms with Gasteiger partial charge in [0, 0.05) is 5.56 Å². The number of methoxy groups -OCH3 is 1. The minimum atomic E-state index is -0.400. The van der Waals surface area contributed by atoms with Gasteiger partial charge in [0.15, 0.2) is 17.2 Å². The van der Waals surface area contributed by atoms with Crippen molar-refractivity contribution in [3.63, 3.8) is 0 Å². The molecular formula is C20H20Cl2N2O4. The molecule has 0 fully saturated rings. The van der Waals surface area contributed by atoms with Gasteiger partial charge in [0.2, 0.25) is 0 Å². The van der Waals surface area contributed by atoms with Gasteiger partial charge in [-0.05, 0) is 42.8 Å². The molecule has 2 aromatic rings. The lowest BCUT2D eigenvalue weighted by Gasteiger charge is -2.10. The van der Waals surface area contributed by atoms with Gasteiger partial charge in [-0.25, -0.2) is 5.43 Å². The highest BCUT2D eigenvalue weighted by atomic mass is 35.5. The van der Waals surface area contributed by atoms with Crippen LogP contribution in [0.2, 0.25) is 10.0 Å². The van der Waals surface area contributed by atoms with Crippen LogP contribution in [0.3, 0.4) is 0 Å². The second kappa shape index (κ2) is 10.6. The molecule has 0 aliphatic carbocycles. The van der Waals surface area contributed by atoms with Crippen LogP contribution in [0.15, 0.2) is 48.1 Å². The van der Waals surface area contributed by atoms with Gasteiger partial charge >= 0.3 is 0 Å². The van der Waals surface area contributed by atoms with Gasteiger partial charge < -0.3 is 14.2 Å². The van der Waals surface area contributed by atoms with Gasteiger partial charge in [0.1, 0.15) is 6.61 Å². The third-order valence-corrected chi connectivity index (χ3v) is 4.03. The number of nitrogens with zero attached hydrogens (tertiary/aromatic N) is 1. The third-order valence-electron chi connectivity index (χ3n) is 3.47. The Hall–Kier alpha value is -2.70. The lowest BCUT2D eigenvalue weighted by atomic mass is 10.2. The van der Waals surface area contributed by atoms with Crippen molar-refractivity contribution >= 4 is 35.3 Å². The average Bonchev–Trinajstić information content (AvgIpc) is 2.67. The molecule has 0 saturated carbocycles. The summed E-state index contributed by atoms with van der Waals surface area (Å²) in [6.45, 7) is 6.16. The van der Waals surface area contributed by atoms with E-state index in [1.54, 1.807) is 36.4 Å². The van der Waals surface area contributed by atoms with Crippen molar-refractivity contribution in [3.05, 3.63) is 64.2 Å². The first-order valence-corrected chi connectivity index (χ1v) is 9.12. The van der Waals surface area contributed by atoms with Gasteiger partial charge in [0.25, 0.3) is 5.91 Å². The molecule has 0 aromatic heterocycles. The quantitative estimate of drug-likeness (QED) is 0.360. The fourth-order valence-electron chi connectivity index (χ4n) is 2.25. The van der Waals surface area contributed by atoms with E-state index in [4.69, 9.17) is 37.4 Å². The first-order valence-electron chi connectivity index (χ1n) is 8.37. The molecule has 28 heavy (non-hydrogen) atoms. The fourth-order valence-corrected chi connectivity index (χ4v) is 2.86. The molecule has 0 bridgehead atoms. The van der Waals surface area contributed by atoms with Crippen molar-refractivity contribution < 1.29 is 19.0 Å².